The Bertz CT molecular complexity index is 4860. The van der Waals surface area contributed by atoms with Gasteiger partial charge in [0, 0.05) is 33.4 Å². The fourth-order valence-corrected chi connectivity index (χ4v) is 11.9. The van der Waals surface area contributed by atoms with Crippen LogP contribution in [0.5, 0.6) is 40.2 Å². The van der Waals surface area contributed by atoms with E-state index >= 15 is 0 Å². The number of carboxylic acid groups (broad SMARTS) is 4. The summed E-state index contributed by atoms with van der Waals surface area (Å²) in [4.78, 5) is 102. The van der Waals surface area contributed by atoms with Gasteiger partial charge in [-0.05, 0) is 148 Å². The number of benzene rings is 7. The van der Waals surface area contributed by atoms with Crippen LogP contribution in [0.15, 0.2) is 91.0 Å². The van der Waals surface area contributed by atoms with Gasteiger partial charge in [-0.1, -0.05) is 18.2 Å². The Morgan fingerprint density at radius 1 is 0.279 bits per heavy atom. The molecule has 7 aromatic rings. The number of esters is 4. The van der Waals surface area contributed by atoms with Gasteiger partial charge in [0.05, 0.1) is 44.5 Å². The van der Waals surface area contributed by atoms with Crippen molar-refractivity contribution in [3.63, 3.8) is 0 Å². The maximum atomic E-state index is 14.4. The lowest BCUT2D eigenvalue weighted by molar-refractivity contribution is -0.291. The number of cyclic esters (lactones) is 4. The van der Waals surface area contributed by atoms with Crippen LogP contribution >= 0.6 is 0 Å². The highest BCUT2D eigenvalue weighted by Crippen LogP contribution is 2.67. The summed E-state index contributed by atoms with van der Waals surface area (Å²) in [5.41, 5.74) is -26.7. The molecule has 12 rings (SSSR count). The number of rotatable bonds is 4. The van der Waals surface area contributed by atoms with Crippen molar-refractivity contribution in [3.8, 4) is 40.2 Å². The minimum atomic E-state index is -6.32. The SMILES string of the molecule is Cc1cc2c(cc1C)C(C(F)(F)F)(C(F)(F)F)c1cc(C)c(C)cc1O2.Cc1ccc(O)cc1C.O=C(C(F)(F)F)C(F)(F)F.O=C(O)c1cc2c(cc1C(=O)O)C(C(F)(F)F)(C(F)(F)F)c1cc(C(=O)O)c(C(=O)O)cc1O2.O=C1OC(=O)c2cc3c(cc21)Oc1cc2c(cc1C3(C(F)(F)F)C(F)(F)F)C(=O)OC2=O. The number of phenols is 1. The Morgan fingerprint density at radius 2 is 0.495 bits per heavy atom. The molecule has 0 spiro atoms. The van der Waals surface area contributed by atoms with Crippen LogP contribution in [0.2, 0.25) is 0 Å². The van der Waals surface area contributed by atoms with Gasteiger partial charge in [0.2, 0.25) is 16.2 Å². The maximum absolute atomic E-state index is 14.4. The van der Waals surface area contributed by atoms with E-state index in [-0.39, 0.29) is 36.4 Å². The fraction of sp³-hybridized carbons (Fsp3) is 0.250. The number of hydrogen-bond donors (Lipinski definition) is 5. The number of halogens is 24. The zero-order chi connectivity index (χ0) is 84.4. The van der Waals surface area contributed by atoms with Gasteiger partial charge in [-0.15, -0.1) is 0 Å². The molecule has 111 heavy (non-hydrogen) atoms. The Labute approximate surface area is 599 Å². The number of Topliss-reactive ketones (excluding diaryl/α,β-unsaturated/α-hetero) is 1. The number of aromatic hydroxyl groups is 1. The topological polar surface area (TPSA) is 301 Å². The summed E-state index contributed by atoms with van der Waals surface area (Å²) in [7, 11) is 0. The lowest BCUT2D eigenvalue weighted by Crippen LogP contribution is -2.56. The summed E-state index contributed by atoms with van der Waals surface area (Å²) < 4.78 is 346. The van der Waals surface area contributed by atoms with E-state index in [4.69, 9.17) is 29.5 Å². The number of carbonyl (C=O) groups excluding carboxylic acids is 5. The molecule has 0 saturated heterocycles. The number of ketones is 1. The highest BCUT2D eigenvalue weighted by atomic mass is 19.4. The third-order valence-electron chi connectivity index (χ3n) is 17.5. The number of alkyl halides is 24. The largest absolute Gasteiger partial charge is 0.508 e. The average molecular weight is 1610 g/mol. The molecule has 5 aliphatic heterocycles. The molecular formula is C68H38F24O19. The van der Waals surface area contributed by atoms with Gasteiger partial charge >= 0.3 is 103 Å². The number of phenolic OH excluding ortho intramolecular Hbond substituents is 1. The summed E-state index contributed by atoms with van der Waals surface area (Å²) >= 11 is 0. The number of hydrogen-bond acceptors (Lipinski definition) is 15. The van der Waals surface area contributed by atoms with E-state index in [1.807, 2.05) is 19.9 Å². The average Bonchev–Trinajstić information content (AvgIpc) is 1.45. The van der Waals surface area contributed by atoms with Crippen molar-refractivity contribution in [1.82, 2.24) is 0 Å². The Morgan fingerprint density at radius 3 is 0.730 bits per heavy atom. The molecule has 0 bridgehead atoms. The summed E-state index contributed by atoms with van der Waals surface area (Å²) in [6, 6.07) is 11.1. The van der Waals surface area contributed by atoms with Gasteiger partial charge in [-0.2, -0.15) is 105 Å². The van der Waals surface area contributed by atoms with Crippen molar-refractivity contribution in [3.05, 3.63) is 202 Å². The smallest absolute Gasteiger partial charge is 0.459 e. The summed E-state index contributed by atoms with van der Waals surface area (Å²) in [6.45, 7) is 10.2. The lowest BCUT2D eigenvalue weighted by atomic mass is 9.69. The quantitative estimate of drug-likeness (QED) is 0.0621. The van der Waals surface area contributed by atoms with Gasteiger partial charge in [0.25, 0.3) is 0 Å². The van der Waals surface area contributed by atoms with Crippen molar-refractivity contribution in [1.29, 1.82) is 0 Å². The van der Waals surface area contributed by atoms with Crippen LogP contribution < -0.4 is 14.2 Å². The molecule has 592 valence electrons. The second-order valence-electron chi connectivity index (χ2n) is 24.2. The Balaban J connectivity index is 0.000000187. The van der Waals surface area contributed by atoms with E-state index in [9.17, 15) is 159 Å². The third-order valence-corrected chi connectivity index (χ3v) is 17.5. The summed E-state index contributed by atoms with van der Waals surface area (Å²) in [5.74, 6) is -22.8. The zero-order valence-electron chi connectivity index (χ0n) is 55.2. The molecule has 0 aromatic heterocycles. The lowest BCUT2D eigenvalue weighted by Gasteiger charge is -2.42. The monoisotopic (exact) mass is 1610 g/mol. The maximum Gasteiger partial charge on any atom is 0.459 e. The molecule has 43 heteroatoms. The van der Waals surface area contributed by atoms with Crippen LogP contribution in [-0.4, -0.2) is 128 Å². The number of carboxylic acids is 4. The highest BCUT2D eigenvalue weighted by molar-refractivity contribution is 6.16. The first-order chi connectivity index (χ1) is 50.4. The molecule has 5 N–H and O–H groups in total. The molecule has 0 radical (unpaired) electrons. The van der Waals surface area contributed by atoms with Crippen LogP contribution in [0.25, 0.3) is 0 Å². The number of aryl methyl sites for hydroxylation is 6. The molecule has 5 aliphatic rings. The molecule has 0 amide bonds. The minimum absolute atomic E-state index is 0.127. The van der Waals surface area contributed by atoms with Crippen molar-refractivity contribution >= 4 is 53.5 Å². The minimum Gasteiger partial charge on any atom is -0.508 e. The van der Waals surface area contributed by atoms with Crippen molar-refractivity contribution < 1.29 is 198 Å². The van der Waals surface area contributed by atoms with E-state index in [0.29, 0.717) is 40.1 Å². The molecule has 0 aliphatic carbocycles. The standard InChI is InChI=1S/C19H8F6O9.C19H4F6O7.C19H16F6O.C8H10O.C3F6O/c20-18(21,22)17(19(23,24)25)9-1-5(13(26)27)7(15(30)31)3-11(9)34-12-4-8(16(32)33)6(14(28)29)2-10(12)17;20-18(21,22)17(19(23,24)25)9-1-5-7(15(28)31-13(5)26)3-11(9)30-12-4-8-6(2-10(12)17)14(27)32-16(8)29;1-9-5-13-15(7-11(9)3)26-16-8-12(4)10(2)6-14(16)17(13,18(20,21)22)19(23,24)25;1-6-3-4-8(9)5-7(6)2;4-2(5,6)1(10)3(7,8)9/h1-4H,(H,26,27)(H,28,29)(H,30,31)(H,32,33);1-4H;5-8H,1-4H3;3-5,9H,1-2H3;. The molecular weight excluding hydrogens is 1580 g/mol. The number of fused-ring (bicyclic) bond motifs is 8. The number of aromatic carboxylic acids is 4. The Kier molecular flexibility index (Phi) is 21.1. The van der Waals surface area contributed by atoms with Gasteiger partial charge in [0.15, 0.2) is 0 Å². The number of carbonyl (C=O) groups is 9. The van der Waals surface area contributed by atoms with E-state index in [1.165, 1.54) is 31.5 Å². The van der Waals surface area contributed by atoms with Gasteiger partial charge in [0.1, 0.15) is 40.2 Å². The third kappa shape index (κ3) is 14.3. The van der Waals surface area contributed by atoms with E-state index in [1.54, 1.807) is 26.0 Å². The van der Waals surface area contributed by atoms with Crippen LogP contribution in [0, 0.1) is 41.5 Å². The van der Waals surface area contributed by atoms with Crippen LogP contribution in [-0.2, 0) is 30.5 Å². The molecule has 0 unspecified atom stereocenters. The first-order valence-electron chi connectivity index (χ1n) is 29.7. The first-order valence-corrected chi connectivity index (χ1v) is 29.7. The van der Waals surface area contributed by atoms with Crippen LogP contribution in [0.1, 0.15) is 150 Å². The molecule has 19 nitrogen and oxygen atoms in total. The van der Waals surface area contributed by atoms with Gasteiger partial charge in [-0.3, -0.25) is 4.79 Å². The van der Waals surface area contributed by atoms with Crippen molar-refractivity contribution in [2.75, 3.05) is 0 Å². The Hall–Kier alpha value is -12.1. The van der Waals surface area contributed by atoms with Crippen LogP contribution in [0.3, 0.4) is 0 Å². The summed E-state index contributed by atoms with van der Waals surface area (Å²) in [6.07, 6.45) is -47.6. The van der Waals surface area contributed by atoms with Crippen LogP contribution in [0.4, 0.5) is 105 Å². The molecule has 5 heterocycles. The van der Waals surface area contributed by atoms with Gasteiger partial charge in [-0.25, -0.2) is 38.4 Å². The van der Waals surface area contributed by atoms with E-state index in [0.717, 1.165) is 17.7 Å². The first kappa shape index (κ1) is 84.5. The summed E-state index contributed by atoms with van der Waals surface area (Å²) in [5, 5.41) is 45.7. The predicted octanol–water partition coefficient (Wildman–Crippen LogP) is 17.9. The van der Waals surface area contributed by atoms with E-state index in [2.05, 4.69) is 9.47 Å². The van der Waals surface area contributed by atoms with Gasteiger partial charge < -0.3 is 49.2 Å². The molecule has 0 fully saturated rings. The second kappa shape index (κ2) is 27.8. The molecule has 7 aromatic carbocycles. The molecule has 0 atom stereocenters. The second-order valence-corrected chi connectivity index (χ2v) is 24.2. The molecule has 0 saturated carbocycles. The number of ether oxygens (including phenoxy) is 5. The van der Waals surface area contributed by atoms with Crippen molar-refractivity contribution in [2.45, 2.75) is 107 Å². The van der Waals surface area contributed by atoms with E-state index < -0.39 is 232 Å². The predicted molar refractivity (Wildman–Crippen MR) is 319 cm³/mol. The zero-order valence-corrected chi connectivity index (χ0v) is 55.2. The normalized spacial score (nSPS) is 15.4. The highest BCUT2D eigenvalue weighted by Gasteiger charge is 2.78. The fourth-order valence-electron chi connectivity index (χ4n) is 11.9. The van der Waals surface area contributed by atoms with Crippen molar-refractivity contribution in [2.24, 2.45) is 0 Å².